The van der Waals surface area contributed by atoms with Gasteiger partial charge >= 0.3 is 0 Å². The molecular weight excluding hydrogens is 366 g/mol. The summed E-state index contributed by atoms with van der Waals surface area (Å²) in [6, 6.07) is 15.8. The van der Waals surface area contributed by atoms with Gasteiger partial charge in [-0.3, -0.25) is 19.3 Å². The van der Waals surface area contributed by atoms with Crippen molar-refractivity contribution in [1.82, 2.24) is 0 Å². The molecule has 1 saturated heterocycles. The Bertz CT molecular complexity index is 922. The summed E-state index contributed by atoms with van der Waals surface area (Å²) in [6.07, 6.45) is 1.93. The van der Waals surface area contributed by atoms with Gasteiger partial charge in [0.1, 0.15) is 5.75 Å². The lowest BCUT2D eigenvalue weighted by atomic mass is 9.76. The molecule has 1 aliphatic carbocycles. The fraction of sp³-hybridized carbons (Fsp3) is 0.375. The van der Waals surface area contributed by atoms with E-state index in [1.165, 1.54) is 4.90 Å². The van der Waals surface area contributed by atoms with Crippen LogP contribution in [-0.2, 0) is 9.59 Å². The molecule has 2 fully saturated rings. The number of ether oxygens (including phenoxy) is 1. The molecule has 4 rings (SSSR count). The number of benzene rings is 2. The molecule has 0 radical (unpaired) electrons. The molecular formula is C24H25NO4. The number of nitrogens with zero attached hydrogens (tertiary/aromatic N) is 1. The number of hydrogen-bond acceptors (Lipinski definition) is 4. The Morgan fingerprint density at radius 1 is 0.966 bits per heavy atom. The highest BCUT2D eigenvalue weighted by Crippen LogP contribution is 2.42. The molecule has 1 aliphatic heterocycles. The summed E-state index contributed by atoms with van der Waals surface area (Å²) in [5.74, 6) is 0.352. The molecule has 2 amide bonds. The average molecular weight is 391 g/mol. The monoisotopic (exact) mass is 391 g/mol. The third-order valence-corrected chi connectivity index (χ3v) is 6.02. The Balaban J connectivity index is 1.46. The minimum absolute atomic E-state index is 0.0896. The van der Waals surface area contributed by atoms with Crippen molar-refractivity contribution in [1.29, 1.82) is 0 Å². The van der Waals surface area contributed by atoms with Gasteiger partial charge < -0.3 is 4.74 Å². The van der Waals surface area contributed by atoms with Crippen molar-refractivity contribution in [2.75, 3.05) is 4.90 Å². The van der Waals surface area contributed by atoms with Gasteiger partial charge in [0.2, 0.25) is 17.6 Å². The summed E-state index contributed by atoms with van der Waals surface area (Å²) in [4.78, 5) is 39.4. The summed E-state index contributed by atoms with van der Waals surface area (Å²) in [5, 5.41) is 0. The predicted octanol–water partition coefficient (Wildman–Crippen LogP) is 4.26. The van der Waals surface area contributed by atoms with E-state index in [4.69, 9.17) is 4.74 Å². The van der Waals surface area contributed by atoms with Crippen molar-refractivity contribution < 1.29 is 19.1 Å². The van der Waals surface area contributed by atoms with Crippen LogP contribution in [0.15, 0.2) is 54.6 Å². The first kappa shape index (κ1) is 19.4. The van der Waals surface area contributed by atoms with Crippen LogP contribution in [0.4, 0.5) is 5.69 Å². The van der Waals surface area contributed by atoms with Gasteiger partial charge in [0.05, 0.1) is 17.5 Å². The van der Waals surface area contributed by atoms with Gasteiger partial charge in [0, 0.05) is 5.56 Å². The van der Waals surface area contributed by atoms with Crippen molar-refractivity contribution >= 4 is 23.3 Å². The first-order chi connectivity index (χ1) is 14.0. The van der Waals surface area contributed by atoms with Gasteiger partial charge in [0.25, 0.3) is 0 Å². The number of amides is 2. The lowest BCUT2D eigenvalue weighted by Gasteiger charge is -2.25. The van der Waals surface area contributed by atoms with Gasteiger partial charge in [0.15, 0.2) is 6.10 Å². The van der Waals surface area contributed by atoms with Crippen molar-refractivity contribution in [3.05, 3.63) is 60.2 Å². The summed E-state index contributed by atoms with van der Waals surface area (Å²) < 4.78 is 5.77. The standard InChI is InChI=1S/C24H25NO4/c1-15-8-13-20-21(14-15)24(28)25(23(20)27)18-9-11-19(12-10-18)29-16(2)22(26)17-6-4-3-5-7-17/h3-7,9-12,15-16,20-21H,8,13-14H2,1-2H3/t15-,16+,20+,21+/m1/s1. The maximum atomic E-state index is 12.8. The van der Waals surface area contributed by atoms with Crippen LogP contribution in [0.1, 0.15) is 43.5 Å². The van der Waals surface area contributed by atoms with Crippen LogP contribution >= 0.6 is 0 Å². The molecule has 1 heterocycles. The second-order valence-corrected chi connectivity index (χ2v) is 8.13. The second-order valence-electron chi connectivity index (χ2n) is 8.13. The minimum atomic E-state index is -0.636. The van der Waals surface area contributed by atoms with Crippen molar-refractivity contribution in [2.24, 2.45) is 17.8 Å². The molecule has 0 N–H and O–H groups in total. The van der Waals surface area contributed by atoms with Crippen molar-refractivity contribution in [3.8, 4) is 5.75 Å². The zero-order valence-electron chi connectivity index (χ0n) is 16.7. The minimum Gasteiger partial charge on any atom is -0.483 e. The Kier molecular flexibility index (Phi) is 5.22. The van der Waals surface area contributed by atoms with Gasteiger partial charge in [-0.05, 0) is 56.4 Å². The summed E-state index contributed by atoms with van der Waals surface area (Å²) >= 11 is 0. The van der Waals surface area contributed by atoms with Gasteiger partial charge in [-0.25, -0.2) is 0 Å². The van der Waals surface area contributed by atoms with E-state index in [1.807, 2.05) is 18.2 Å². The van der Waals surface area contributed by atoms with Gasteiger partial charge in [-0.1, -0.05) is 37.3 Å². The highest BCUT2D eigenvalue weighted by molar-refractivity contribution is 6.22. The normalized spacial score (nSPS) is 24.9. The quantitative estimate of drug-likeness (QED) is 0.564. The molecule has 2 aliphatic rings. The predicted molar refractivity (Wildman–Crippen MR) is 110 cm³/mol. The van der Waals surface area contributed by atoms with Crippen LogP contribution in [0, 0.1) is 17.8 Å². The van der Waals surface area contributed by atoms with Crippen LogP contribution in [0.3, 0.4) is 0 Å². The smallest absolute Gasteiger partial charge is 0.237 e. The Hall–Kier alpha value is -2.95. The van der Waals surface area contributed by atoms with Crippen LogP contribution < -0.4 is 9.64 Å². The second kappa shape index (κ2) is 7.82. The fourth-order valence-corrected chi connectivity index (χ4v) is 4.41. The molecule has 2 aromatic carbocycles. The Labute approximate surface area is 170 Å². The molecule has 2 aromatic rings. The molecule has 29 heavy (non-hydrogen) atoms. The van der Waals surface area contributed by atoms with Gasteiger partial charge in [-0.2, -0.15) is 0 Å². The molecule has 5 nitrogen and oxygen atoms in total. The SMILES string of the molecule is C[C@@H]1CC[C@@H]2C(=O)N(c3ccc(O[C@@H](C)C(=O)c4ccccc4)cc3)C(=O)[C@H]2C1. The maximum absolute atomic E-state index is 12.8. The number of rotatable bonds is 5. The molecule has 0 unspecified atom stereocenters. The molecule has 5 heteroatoms. The molecule has 0 aromatic heterocycles. The summed E-state index contributed by atoms with van der Waals surface area (Å²) in [7, 11) is 0. The number of anilines is 1. The summed E-state index contributed by atoms with van der Waals surface area (Å²) in [5.41, 5.74) is 1.16. The van der Waals surface area contributed by atoms with E-state index in [0.29, 0.717) is 22.9 Å². The zero-order chi connectivity index (χ0) is 20.5. The first-order valence-corrected chi connectivity index (χ1v) is 10.2. The highest BCUT2D eigenvalue weighted by Gasteiger charge is 2.49. The Morgan fingerprint density at radius 3 is 2.31 bits per heavy atom. The van der Waals surface area contributed by atoms with E-state index < -0.39 is 6.10 Å². The molecule has 150 valence electrons. The summed E-state index contributed by atoms with van der Waals surface area (Å²) in [6.45, 7) is 3.85. The number of fused-ring (bicyclic) bond motifs is 1. The van der Waals surface area contributed by atoms with Crippen molar-refractivity contribution in [3.63, 3.8) is 0 Å². The van der Waals surface area contributed by atoms with E-state index in [9.17, 15) is 14.4 Å². The molecule has 0 spiro atoms. The van der Waals surface area contributed by atoms with Crippen LogP contribution in [0.5, 0.6) is 5.75 Å². The highest BCUT2D eigenvalue weighted by atomic mass is 16.5. The van der Waals surface area contributed by atoms with Crippen LogP contribution in [0.25, 0.3) is 0 Å². The number of carbonyl (C=O) groups is 3. The number of carbonyl (C=O) groups excluding carboxylic acids is 3. The lowest BCUT2D eigenvalue weighted by Crippen LogP contribution is -2.30. The zero-order valence-corrected chi connectivity index (χ0v) is 16.7. The lowest BCUT2D eigenvalue weighted by molar-refractivity contribution is -0.122. The third kappa shape index (κ3) is 3.69. The number of ketones is 1. The first-order valence-electron chi connectivity index (χ1n) is 10.2. The average Bonchev–Trinajstić information content (AvgIpc) is 2.98. The fourth-order valence-electron chi connectivity index (χ4n) is 4.41. The van der Waals surface area contributed by atoms with Crippen molar-refractivity contribution in [2.45, 2.75) is 39.2 Å². The van der Waals surface area contributed by atoms with E-state index in [-0.39, 0.29) is 29.4 Å². The van der Waals surface area contributed by atoms with E-state index in [0.717, 1.165) is 19.3 Å². The number of imide groups is 1. The van der Waals surface area contributed by atoms with E-state index in [2.05, 4.69) is 6.92 Å². The number of hydrogen-bond donors (Lipinski definition) is 0. The molecule has 4 atom stereocenters. The topological polar surface area (TPSA) is 63.7 Å². The number of Topliss-reactive ketones (excluding diaryl/α,β-unsaturated/α-hetero) is 1. The van der Waals surface area contributed by atoms with E-state index >= 15 is 0 Å². The van der Waals surface area contributed by atoms with Crippen LogP contribution in [-0.4, -0.2) is 23.7 Å². The maximum Gasteiger partial charge on any atom is 0.237 e. The molecule has 1 saturated carbocycles. The third-order valence-electron chi connectivity index (χ3n) is 6.02. The van der Waals surface area contributed by atoms with Gasteiger partial charge in [-0.15, -0.1) is 0 Å². The Morgan fingerprint density at radius 2 is 1.62 bits per heavy atom. The van der Waals surface area contributed by atoms with Crippen LogP contribution in [0.2, 0.25) is 0 Å². The molecule has 0 bridgehead atoms. The van der Waals surface area contributed by atoms with E-state index in [1.54, 1.807) is 43.3 Å². The largest absolute Gasteiger partial charge is 0.483 e.